The van der Waals surface area contributed by atoms with Crippen LogP contribution in [-0.4, -0.2) is 31.2 Å². The fourth-order valence-corrected chi connectivity index (χ4v) is 4.12. The second-order valence-electron chi connectivity index (χ2n) is 7.05. The molecule has 4 nitrogen and oxygen atoms in total. The van der Waals surface area contributed by atoms with Gasteiger partial charge in [0.15, 0.2) is 0 Å². The molecule has 7 heteroatoms. The van der Waals surface area contributed by atoms with Crippen molar-refractivity contribution in [1.29, 1.82) is 0 Å². The molecule has 2 aliphatic rings. The Labute approximate surface area is 150 Å². The Bertz CT molecular complexity index is 817. The molecule has 0 spiro atoms. The molecule has 0 saturated carbocycles. The number of piperidine rings is 1. The Morgan fingerprint density at radius 1 is 1.23 bits per heavy atom. The van der Waals surface area contributed by atoms with Gasteiger partial charge >= 0.3 is 6.18 Å². The number of halogens is 3. The summed E-state index contributed by atoms with van der Waals surface area (Å²) in [6, 6.07) is 6.83. The number of aryl methyl sites for hydroxylation is 1. The first-order valence-corrected chi connectivity index (χ1v) is 8.73. The predicted molar refractivity (Wildman–Crippen MR) is 96.1 cm³/mol. The largest absolute Gasteiger partial charge is 0.418 e. The third kappa shape index (κ3) is 2.90. The minimum absolute atomic E-state index is 0.0720. The van der Waals surface area contributed by atoms with Crippen LogP contribution >= 0.6 is 0 Å². The van der Waals surface area contributed by atoms with Crippen molar-refractivity contribution in [2.24, 2.45) is 0 Å². The summed E-state index contributed by atoms with van der Waals surface area (Å²) >= 11 is 0. The van der Waals surface area contributed by atoms with E-state index >= 15 is 0 Å². The number of anilines is 3. The number of nitrogens with zero attached hydrogens (tertiary/aromatic N) is 2. The van der Waals surface area contributed by atoms with E-state index in [2.05, 4.69) is 15.6 Å². The van der Waals surface area contributed by atoms with Crippen LogP contribution in [0, 0.1) is 6.92 Å². The van der Waals surface area contributed by atoms with E-state index in [0.29, 0.717) is 23.6 Å². The van der Waals surface area contributed by atoms with E-state index in [-0.39, 0.29) is 12.0 Å². The monoisotopic (exact) mass is 362 g/mol. The third-order valence-corrected chi connectivity index (χ3v) is 5.34. The summed E-state index contributed by atoms with van der Waals surface area (Å²) in [6.45, 7) is 3.41. The Morgan fingerprint density at radius 3 is 2.73 bits per heavy atom. The average molecular weight is 362 g/mol. The van der Waals surface area contributed by atoms with Crippen molar-refractivity contribution in [2.75, 3.05) is 30.4 Å². The molecule has 4 rings (SSSR count). The number of hydrogen-bond donors (Lipinski definition) is 2. The molecule has 2 N–H and O–H groups in total. The maximum absolute atomic E-state index is 13.8. The van der Waals surface area contributed by atoms with Gasteiger partial charge in [0, 0.05) is 36.9 Å². The van der Waals surface area contributed by atoms with Crippen LogP contribution in [0.3, 0.4) is 0 Å². The molecule has 2 aliphatic heterocycles. The van der Waals surface area contributed by atoms with Crippen LogP contribution in [0.5, 0.6) is 0 Å². The summed E-state index contributed by atoms with van der Waals surface area (Å²) in [7, 11) is 1.78. The van der Waals surface area contributed by atoms with Crippen LogP contribution in [-0.2, 0) is 6.18 Å². The van der Waals surface area contributed by atoms with Gasteiger partial charge in [0.2, 0.25) is 0 Å². The van der Waals surface area contributed by atoms with E-state index < -0.39 is 11.7 Å². The molecule has 138 valence electrons. The van der Waals surface area contributed by atoms with Gasteiger partial charge in [0.1, 0.15) is 0 Å². The summed E-state index contributed by atoms with van der Waals surface area (Å²) in [5, 5.41) is 6.40. The van der Waals surface area contributed by atoms with E-state index in [1.165, 1.54) is 6.07 Å². The summed E-state index contributed by atoms with van der Waals surface area (Å²) < 4.78 is 41.4. The molecule has 0 unspecified atom stereocenters. The van der Waals surface area contributed by atoms with Gasteiger partial charge in [0.05, 0.1) is 23.1 Å². The number of benzene rings is 1. The van der Waals surface area contributed by atoms with Crippen LogP contribution in [0.25, 0.3) is 0 Å². The van der Waals surface area contributed by atoms with Crippen molar-refractivity contribution >= 4 is 17.1 Å². The van der Waals surface area contributed by atoms with Crippen molar-refractivity contribution in [3.05, 3.63) is 47.3 Å². The van der Waals surface area contributed by atoms with E-state index in [1.807, 2.05) is 30.0 Å². The first-order chi connectivity index (χ1) is 12.3. The summed E-state index contributed by atoms with van der Waals surface area (Å²) in [6.07, 6.45) is -1.92. The second kappa shape index (κ2) is 6.16. The molecule has 0 radical (unpaired) electrons. The van der Waals surface area contributed by atoms with Crippen LogP contribution in [0.1, 0.15) is 29.2 Å². The minimum Gasteiger partial charge on any atom is -0.370 e. The lowest BCUT2D eigenvalue weighted by Gasteiger charge is -2.31. The molecule has 0 aliphatic carbocycles. The van der Waals surface area contributed by atoms with Gasteiger partial charge in [-0.25, -0.2) is 0 Å². The quantitative estimate of drug-likeness (QED) is 0.846. The SMILES string of the molecule is Cc1ccc(Nc2cc3c(c(C(F)(F)F)c2)N(C)[C@H]2CCNC[C@@H]32)cn1. The highest BCUT2D eigenvalue weighted by Crippen LogP contribution is 2.50. The molecule has 26 heavy (non-hydrogen) atoms. The number of rotatable bonds is 2. The maximum Gasteiger partial charge on any atom is 0.418 e. The molecule has 1 aromatic carbocycles. The fourth-order valence-electron chi connectivity index (χ4n) is 4.12. The standard InChI is InChI=1S/C19H21F3N4/c1-11-3-4-12(9-24-11)25-13-7-14-15-10-23-6-5-17(15)26(2)18(14)16(8-13)19(20,21)22/h3-4,7-9,15,17,23,25H,5-6,10H2,1-2H3/t15-,17-/m0/s1. The van der Waals surface area contributed by atoms with E-state index in [4.69, 9.17) is 0 Å². The maximum atomic E-state index is 13.8. The van der Waals surface area contributed by atoms with Gasteiger partial charge in [0.25, 0.3) is 0 Å². The zero-order valence-electron chi connectivity index (χ0n) is 14.7. The Morgan fingerprint density at radius 2 is 2.04 bits per heavy atom. The molecule has 2 atom stereocenters. The van der Waals surface area contributed by atoms with Gasteiger partial charge in [-0.3, -0.25) is 4.98 Å². The van der Waals surface area contributed by atoms with Gasteiger partial charge in [-0.15, -0.1) is 0 Å². The highest BCUT2D eigenvalue weighted by Gasteiger charge is 2.45. The lowest BCUT2D eigenvalue weighted by atomic mass is 9.89. The number of aromatic nitrogens is 1. The molecular weight excluding hydrogens is 341 g/mol. The molecule has 1 aromatic heterocycles. The van der Waals surface area contributed by atoms with Crippen molar-refractivity contribution in [3.63, 3.8) is 0 Å². The van der Waals surface area contributed by atoms with Crippen molar-refractivity contribution in [2.45, 2.75) is 31.5 Å². The number of hydrogen-bond acceptors (Lipinski definition) is 4. The van der Waals surface area contributed by atoms with Crippen molar-refractivity contribution in [1.82, 2.24) is 10.3 Å². The first-order valence-electron chi connectivity index (χ1n) is 8.73. The Balaban J connectivity index is 1.79. The highest BCUT2D eigenvalue weighted by atomic mass is 19.4. The zero-order valence-corrected chi connectivity index (χ0v) is 14.7. The summed E-state index contributed by atoms with van der Waals surface area (Å²) in [5.74, 6) is 0.0720. The topological polar surface area (TPSA) is 40.2 Å². The van der Waals surface area contributed by atoms with Gasteiger partial charge in [-0.2, -0.15) is 13.2 Å². The molecule has 1 saturated heterocycles. The third-order valence-electron chi connectivity index (χ3n) is 5.34. The average Bonchev–Trinajstić information content (AvgIpc) is 2.89. The normalized spacial score (nSPS) is 22.1. The molecule has 0 bridgehead atoms. The smallest absolute Gasteiger partial charge is 0.370 e. The Kier molecular flexibility index (Phi) is 4.06. The van der Waals surface area contributed by atoms with Gasteiger partial charge < -0.3 is 15.5 Å². The summed E-state index contributed by atoms with van der Waals surface area (Å²) in [5.41, 5.74) is 2.49. The molecular formula is C19H21F3N4. The number of likely N-dealkylation sites (N-methyl/N-ethyl adjacent to an activating group) is 1. The molecule has 1 fully saturated rings. The number of alkyl halides is 3. The lowest BCUT2D eigenvalue weighted by molar-refractivity contribution is -0.137. The summed E-state index contributed by atoms with van der Waals surface area (Å²) in [4.78, 5) is 6.01. The van der Waals surface area contributed by atoms with Crippen molar-refractivity contribution in [3.8, 4) is 0 Å². The lowest BCUT2D eigenvalue weighted by Crippen LogP contribution is -2.42. The molecule has 0 amide bonds. The van der Waals surface area contributed by atoms with E-state index in [0.717, 1.165) is 24.2 Å². The van der Waals surface area contributed by atoms with Crippen LogP contribution in [0.2, 0.25) is 0 Å². The van der Waals surface area contributed by atoms with Crippen LogP contribution in [0.15, 0.2) is 30.5 Å². The van der Waals surface area contributed by atoms with E-state index in [9.17, 15) is 13.2 Å². The predicted octanol–water partition coefficient (Wildman–Crippen LogP) is 4.05. The zero-order chi connectivity index (χ0) is 18.5. The van der Waals surface area contributed by atoms with Gasteiger partial charge in [-0.1, -0.05) is 0 Å². The highest BCUT2D eigenvalue weighted by molar-refractivity contribution is 5.74. The molecule has 3 heterocycles. The van der Waals surface area contributed by atoms with Crippen LogP contribution < -0.4 is 15.5 Å². The second-order valence-corrected chi connectivity index (χ2v) is 7.05. The fraction of sp³-hybridized carbons (Fsp3) is 0.421. The van der Waals surface area contributed by atoms with Crippen LogP contribution in [0.4, 0.5) is 30.2 Å². The van der Waals surface area contributed by atoms with Gasteiger partial charge in [-0.05, 0) is 49.7 Å². The number of pyridine rings is 1. The van der Waals surface area contributed by atoms with Crippen molar-refractivity contribution < 1.29 is 13.2 Å². The number of fused-ring (bicyclic) bond motifs is 3. The minimum atomic E-state index is -4.40. The first kappa shape index (κ1) is 17.1. The molecule has 2 aromatic rings. The Hall–Kier alpha value is -2.28. The number of nitrogens with one attached hydrogen (secondary N) is 2. The van der Waals surface area contributed by atoms with E-state index in [1.54, 1.807) is 13.2 Å².